The number of carboxylic acids is 1. The largest absolute Gasteiger partial charge is 0.481 e. The summed E-state index contributed by atoms with van der Waals surface area (Å²) in [4.78, 5) is 10.3. The Morgan fingerprint density at radius 1 is 0.957 bits per heavy atom. The molecule has 2 nitrogen and oxygen atoms in total. The first-order chi connectivity index (χ1) is 11.3. The van der Waals surface area contributed by atoms with Gasteiger partial charge >= 0.3 is 5.97 Å². The van der Waals surface area contributed by atoms with Gasteiger partial charge in [-0.25, -0.2) is 0 Å². The quantitative estimate of drug-likeness (QED) is 0.385. The highest BCUT2D eigenvalue weighted by molar-refractivity contribution is 5.66. The predicted molar refractivity (Wildman–Crippen MR) is 96.9 cm³/mol. The highest BCUT2D eigenvalue weighted by Crippen LogP contribution is 2.04. The van der Waals surface area contributed by atoms with E-state index in [1.54, 1.807) is 0 Å². The zero-order valence-corrected chi connectivity index (χ0v) is 13.4. The Morgan fingerprint density at radius 2 is 1.70 bits per heavy atom. The molecule has 0 spiro atoms. The molecule has 2 heteroatoms. The highest BCUT2D eigenvalue weighted by atomic mass is 16.4. The van der Waals surface area contributed by atoms with E-state index in [1.165, 1.54) is 5.56 Å². The van der Waals surface area contributed by atoms with Crippen LogP contribution in [-0.4, -0.2) is 11.1 Å². The molecule has 0 aliphatic rings. The zero-order chi connectivity index (χ0) is 16.6. The normalized spacial score (nSPS) is 11.1. The van der Waals surface area contributed by atoms with Crippen LogP contribution < -0.4 is 0 Å². The Hall–Kier alpha value is -2.53. The van der Waals surface area contributed by atoms with Crippen molar-refractivity contribution in [3.63, 3.8) is 0 Å². The zero-order valence-electron chi connectivity index (χ0n) is 13.4. The standard InChI is InChI=1S/C21H24O2/c22-21(23)19-15-10-8-6-4-2-1-3-5-7-9-12-16-20-17-13-11-14-18-20/h3,5,7,9,11-14,16-18H,4,6,8,10,15,19H2,(H,22,23)/b5-3+,9-7+,16-12+. The minimum absolute atomic E-state index is 0.277. The molecular formula is C21H24O2. The van der Waals surface area contributed by atoms with Gasteiger partial charge in [0.05, 0.1) is 0 Å². The van der Waals surface area contributed by atoms with E-state index < -0.39 is 5.97 Å². The molecule has 0 saturated carbocycles. The van der Waals surface area contributed by atoms with Crippen LogP contribution in [-0.2, 0) is 4.79 Å². The molecule has 0 unspecified atom stereocenters. The third-order valence-electron chi connectivity index (χ3n) is 3.15. The molecule has 1 aromatic rings. The molecule has 0 radical (unpaired) electrons. The minimum atomic E-state index is -0.707. The molecule has 0 fully saturated rings. The van der Waals surface area contributed by atoms with Crippen molar-refractivity contribution in [3.05, 3.63) is 66.3 Å². The van der Waals surface area contributed by atoms with Gasteiger partial charge < -0.3 is 5.11 Å². The van der Waals surface area contributed by atoms with Crippen LogP contribution in [0.15, 0.2) is 60.7 Å². The molecule has 0 atom stereocenters. The summed E-state index contributed by atoms with van der Waals surface area (Å²) in [6, 6.07) is 10.2. The van der Waals surface area contributed by atoms with Crippen molar-refractivity contribution < 1.29 is 9.90 Å². The minimum Gasteiger partial charge on any atom is -0.481 e. The van der Waals surface area contributed by atoms with Gasteiger partial charge in [0.1, 0.15) is 0 Å². The first-order valence-corrected chi connectivity index (χ1v) is 8.04. The second-order valence-corrected chi connectivity index (χ2v) is 5.14. The molecule has 23 heavy (non-hydrogen) atoms. The van der Waals surface area contributed by atoms with Gasteiger partial charge in [-0.2, -0.15) is 0 Å². The lowest BCUT2D eigenvalue weighted by molar-refractivity contribution is -0.137. The lowest BCUT2D eigenvalue weighted by atomic mass is 10.1. The number of unbranched alkanes of at least 4 members (excludes halogenated alkanes) is 4. The van der Waals surface area contributed by atoms with Gasteiger partial charge in [-0.3, -0.25) is 4.79 Å². The highest BCUT2D eigenvalue weighted by Gasteiger charge is 1.95. The van der Waals surface area contributed by atoms with Crippen LogP contribution in [0.5, 0.6) is 0 Å². The summed E-state index contributed by atoms with van der Waals surface area (Å²) in [5.41, 5.74) is 1.18. The van der Waals surface area contributed by atoms with E-state index in [9.17, 15) is 4.79 Å². The number of hydrogen-bond donors (Lipinski definition) is 1. The fourth-order valence-electron chi connectivity index (χ4n) is 1.94. The second kappa shape index (κ2) is 13.2. The van der Waals surface area contributed by atoms with E-state index in [0.29, 0.717) is 0 Å². The summed E-state index contributed by atoms with van der Waals surface area (Å²) in [6.45, 7) is 0. The smallest absolute Gasteiger partial charge is 0.303 e. The molecule has 1 aromatic carbocycles. The van der Waals surface area contributed by atoms with Gasteiger partial charge in [0.15, 0.2) is 0 Å². The van der Waals surface area contributed by atoms with E-state index in [1.807, 2.05) is 48.6 Å². The average Bonchev–Trinajstić information content (AvgIpc) is 2.56. The SMILES string of the molecule is O=C(O)CCCCCCC#C/C=C/C=C/C=C/c1ccccc1. The summed E-state index contributed by atoms with van der Waals surface area (Å²) in [5, 5.41) is 8.51. The molecule has 0 amide bonds. The maximum absolute atomic E-state index is 10.3. The van der Waals surface area contributed by atoms with Crippen LogP contribution in [0.1, 0.15) is 44.1 Å². The van der Waals surface area contributed by atoms with Crippen molar-refractivity contribution in [3.8, 4) is 11.8 Å². The Balaban J connectivity index is 2.07. The van der Waals surface area contributed by atoms with E-state index in [0.717, 1.165) is 32.1 Å². The third kappa shape index (κ3) is 11.8. The summed E-state index contributed by atoms with van der Waals surface area (Å²) in [5.74, 6) is 5.39. The first-order valence-electron chi connectivity index (χ1n) is 8.04. The van der Waals surface area contributed by atoms with Gasteiger partial charge in [-0.1, -0.05) is 85.4 Å². The van der Waals surface area contributed by atoms with Crippen LogP contribution in [0.25, 0.3) is 6.08 Å². The molecule has 0 aliphatic carbocycles. The van der Waals surface area contributed by atoms with Gasteiger partial charge in [-0.15, -0.1) is 0 Å². The number of carboxylic acid groups (broad SMARTS) is 1. The third-order valence-corrected chi connectivity index (χ3v) is 3.15. The topological polar surface area (TPSA) is 37.3 Å². The van der Waals surface area contributed by atoms with Crippen LogP contribution in [0, 0.1) is 11.8 Å². The first kappa shape index (κ1) is 18.5. The van der Waals surface area contributed by atoms with Crippen molar-refractivity contribution >= 4 is 12.0 Å². The Labute approximate surface area is 139 Å². The van der Waals surface area contributed by atoms with Crippen molar-refractivity contribution in [2.45, 2.75) is 38.5 Å². The second-order valence-electron chi connectivity index (χ2n) is 5.14. The maximum atomic E-state index is 10.3. The number of rotatable bonds is 9. The van der Waals surface area contributed by atoms with Crippen molar-refractivity contribution in [1.82, 2.24) is 0 Å². The van der Waals surface area contributed by atoms with Gasteiger partial charge in [-0.05, 0) is 24.5 Å². The van der Waals surface area contributed by atoms with Gasteiger partial charge in [0, 0.05) is 12.8 Å². The number of hydrogen-bond acceptors (Lipinski definition) is 1. The summed E-state index contributed by atoms with van der Waals surface area (Å²) >= 11 is 0. The maximum Gasteiger partial charge on any atom is 0.303 e. The van der Waals surface area contributed by atoms with Crippen molar-refractivity contribution in [2.75, 3.05) is 0 Å². The molecule has 1 N–H and O–H groups in total. The van der Waals surface area contributed by atoms with Crippen LogP contribution in [0.3, 0.4) is 0 Å². The fourth-order valence-corrected chi connectivity index (χ4v) is 1.94. The summed E-state index contributed by atoms with van der Waals surface area (Å²) < 4.78 is 0. The lowest BCUT2D eigenvalue weighted by Crippen LogP contribution is -1.93. The number of allylic oxidation sites excluding steroid dienone is 5. The summed E-state index contributed by atoms with van der Waals surface area (Å²) in [7, 11) is 0. The lowest BCUT2D eigenvalue weighted by Gasteiger charge is -1.95. The van der Waals surface area contributed by atoms with Crippen molar-refractivity contribution in [1.29, 1.82) is 0 Å². The monoisotopic (exact) mass is 308 g/mol. The Kier molecular flexibility index (Phi) is 10.6. The molecule has 0 aliphatic heterocycles. The molecule has 0 bridgehead atoms. The van der Waals surface area contributed by atoms with Gasteiger partial charge in [0.25, 0.3) is 0 Å². The number of benzene rings is 1. The molecular weight excluding hydrogens is 284 g/mol. The van der Waals surface area contributed by atoms with Crippen LogP contribution in [0.2, 0.25) is 0 Å². The summed E-state index contributed by atoms with van der Waals surface area (Å²) in [6.07, 6.45) is 16.7. The van der Waals surface area contributed by atoms with E-state index in [-0.39, 0.29) is 6.42 Å². The molecule has 0 saturated heterocycles. The van der Waals surface area contributed by atoms with E-state index in [4.69, 9.17) is 5.11 Å². The van der Waals surface area contributed by atoms with Crippen LogP contribution in [0.4, 0.5) is 0 Å². The van der Waals surface area contributed by atoms with E-state index >= 15 is 0 Å². The molecule has 120 valence electrons. The van der Waals surface area contributed by atoms with Gasteiger partial charge in [0.2, 0.25) is 0 Å². The van der Waals surface area contributed by atoms with Crippen molar-refractivity contribution in [2.24, 2.45) is 0 Å². The Bertz CT molecular complexity index is 583. The Morgan fingerprint density at radius 3 is 2.48 bits per heavy atom. The average molecular weight is 308 g/mol. The predicted octanol–water partition coefficient (Wildman–Crippen LogP) is 5.24. The number of carbonyl (C=O) groups is 1. The number of aliphatic carboxylic acids is 1. The fraction of sp³-hybridized carbons (Fsp3) is 0.286. The molecule has 1 rings (SSSR count). The molecule has 0 heterocycles. The molecule has 0 aromatic heterocycles. The van der Waals surface area contributed by atoms with E-state index in [2.05, 4.69) is 30.0 Å². The van der Waals surface area contributed by atoms with Crippen LogP contribution >= 0.6 is 0 Å².